The predicted octanol–water partition coefficient (Wildman–Crippen LogP) is 2.55. The second kappa shape index (κ2) is 8.31. The average Bonchev–Trinajstić information content (AvgIpc) is 2.93. The van der Waals surface area contributed by atoms with E-state index in [1.54, 1.807) is 12.5 Å². The van der Waals surface area contributed by atoms with Crippen molar-refractivity contribution in [3.63, 3.8) is 0 Å². The molecule has 6 heteroatoms. The summed E-state index contributed by atoms with van der Waals surface area (Å²) in [7, 11) is 0. The van der Waals surface area contributed by atoms with Gasteiger partial charge in [-0.15, -0.1) is 0 Å². The lowest BCUT2D eigenvalue weighted by Crippen LogP contribution is -2.35. The molecule has 1 aliphatic heterocycles. The van der Waals surface area contributed by atoms with Gasteiger partial charge in [-0.1, -0.05) is 30.3 Å². The van der Waals surface area contributed by atoms with Gasteiger partial charge in [-0.3, -0.25) is 4.79 Å². The standard InChI is InChI=1S/C21H25N5O/c27-21(25-18-7-4-10-22-11-8-18)17-13-19-20(23-14-17)26(15-24-19)12-9-16-5-2-1-3-6-16/h1-3,5-6,13-15,18,22H,4,7-12H2,(H,25,27). The molecule has 2 aromatic heterocycles. The molecule has 3 aromatic rings. The lowest BCUT2D eigenvalue weighted by Gasteiger charge is -2.15. The number of amides is 1. The van der Waals surface area contributed by atoms with E-state index < -0.39 is 0 Å². The zero-order valence-electron chi connectivity index (χ0n) is 15.4. The molecular formula is C21H25N5O. The quantitative estimate of drug-likeness (QED) is 0.731. The minimum absolute atomic E-state index is 0.0601. The first-order valence-electron chi connectivity index (χ1n) is 9.66. The van der Waals surface area contributed by atoms with Crippen molar-refractivity contribution >= 4 is 17.1 Å². The highest BCUT2D eigenvalue weighted by molar-refractivity contribution is 5.96. The van der Waals surface area contributed by atoms with Crippen molar-refractivity contribution in [3.05, 3.63) is 60.0 Å². The zero-order chi connectivity index (χ0) is 18.5. The summed E-state index contributed by atoms with van der Waals surface area (Å²) in [6.45, 7) is 2.79. The maximum Gasteiger partial charge on any atom is 0.253 e. The Labute approximate surface area is 159 Å². The number of carbonyl (C=O) groups excluding carboxylic acids is 1. The fourth-order valence-electron chi connectivity index (χ4n) is 3.56. The Bertz CT molecular complexity index is 897. The Kier molecular flexibility index (Phi) is 5.44. The molecule has 1 atom stereocenters. The molecule has 0 bridgehead atoms. The van der Waals surface area contributed by atoms with Crippen LogP contribution in [0.3, 0.4) is 0 Å². The number of hydrogen-bond acceptors (Lipinski definition) is 4. The van der Waals surface area contributed by atoms with E-state index in [0.29, 0.717) is 5.56 Å². The molecule has 27 heavy (non-hydrogen) atoms. The third-order valence-electron chi connectivity index (χ3n) is 5.11. The van der Waals surface area contributed by atoms with Crippen LogP contribution in [0.25, 0.3) is 11.2 Å². The Morgan fingerprint density at radius 2 is 2.07 bits per heavy atom. The monoisotopic (exact) mass is 363 g/mol. The minimum Gasteiger partial charge on any atom is -0.349 e. The molecule has 1 saturated heterocycles. The van der Waals surface area contributed by atoms with Crippen LogP contribution >= 0.6 is 0 Å². The third kappa shape index (κ3) is 4.34. The summed E-state index contributed by atoms with van der Waals surface area (Å²) in [4.78, 5) is 21.5. The summed E-state index contributed by atoms with van der Waals surface area (Å²) in [5.74, 6) is -0.0601. The number of pyridine rings is 1. The molecule has 1 unspecified atom stereocenters. The molecule has 0 saturated carbocycles. The summed E-state index contributed by atoms with van der Waals surface area (Å²) in [6.07, 6.45) is 7.46. The number of rotatable bonds is 5. The largest absolute Gasteiger partial charge is 0.349 e. The van der Waals surface area contributed by atoms with Crippen molar-refractivity contribution in [3.8, 4) is 0 Å². The lowest BCUT2D eigenvalue weighted by molar-refractivity contribution is 0.0934. The molecule has 4 rings (SSSR count). The molecule has 1 fully saturated rings. The highest BCUT2D eigenvalue weighted by atomic mass is 16.1. The molecule has 6 nitrogen and oxygen atoms in total. The molecule has 1 aliphatic rings. The van der Waals surface area contributed by atoms with Gasteiger partial charge in [-0.05, 0) is 50.4 Å². The number of benzene rings is 1. The van der Waals surface area contributed by atoms with Crippen molar-refractivity contribution in [1.82, 2.24) is 25.2 Å². The van der Waals surface area contributed by atoms with Gasteiger partial charge in [0.05, 0.1) is 11.9 Å². The van der Waals surface area contributed by atoms with Crippen LogP contribution in [0, 0.1) is 0 Å². The molecule has 1 amide bonds. The van der Waals surface area contributed by atoms with Crippen LogP contribution < -0.4 is 10.6 Å². The van der Waals surface area contributed by atoms with Gasteiger partial charge in [-0.2, -0.15) is 0 Å². The van der Waals surface area contributed by atoms with Gasteiger partial charge in [-0.25, -0.2) is 9.97 Å². The van der Waals surface area contributed by atoms with E-state index in [-0.39, 0.29) is 11.9 Å². The third-order valence-corrected chi connectivity index (χ3v) is 5.11. The van der Waals surface area contributed by atoms with Crippen molar-refractivity contribution in [2.45, 2.75) is 38.3 Å². The second-order valence-corrected chi connectivity index (χ2v) is 7.09. The molecule has 0 radical (unpaired) electrons. The number of nitrogens with one attached hydrogen (secondary N) is 2. The topological polar surface area (TPSA) is 71.8 Å². The van der Waals surface area contributed by atoms with Gasteiger partial charge in [0, 0.05) is 18.8 Å². The smallest absolute Gasteiger partial charge is 0.253 e. The summed E-state index contributed by atoms with van der Waals surface area (Å²) >= 11 is 0. The number of nitrogens with zero attached hydrogens (tertiary/aromatic N) is 3. The molecule has 140 valence electrons. The molecule has 0 spiro atoms. The first-order valence-corrected chi connectivity index (χ1v) is 9.66. The van der Waals surface area contributed by atoms with E-state index in [0.717, 1.165) is 56.5 Å². The van der Waals surface area contributed by atoms with Gasteiger partial charge in [0.25, 0.3) is 5.91 Å². The maximum absolute atomic E-state index is 12.6. The SMILES string of the molecule is O=C(NC1CCCNCC1)c1cnc2c(c1)ncn2CCc1ccccc1. The van der Waals surface area contributed by atoms with Crippen LogP contribution in [-0.4, -0.2) is 39.6 Å². The fourth-order valence-corrected chi connectivity index (χ4v) is 3.56. The molecular weight excluding hydrogens is 338 g/mol. The van der Waals surface area contributed by atoms with E-state index >= 15 is 0 Å². The van der Waals surface area contributed by atoms with Crippen LogP contribution in [0.4, 0.5) is 0 Å². The van der Waals surface area contributed by atoms with Gasteiger partial charge in [0.15, 0.2) is 5.65 Å². The normalized spacial score (nSPS) is 17.6. The van der Waals surface area contributed by atoms with Crippen molar-refractivity contribution in [2.24, 2.45) is 0 Å². The minimum atomic E-state index is -0.0601. The molecule has 1 aromatic carbocycles. The van der Waals surface area contributed by atoms with Crippen molar-refractivity contribution in [2.75, 3.05) is 13.1 Å². The number of hydrogen-bond donors (Lipinski definition) is 2. The Balaban J connectivity index is 1.44. The number of aromatic nitrogens is 3. The van der Waals surface area contributed by atoms with Crippen LogP contribution in [0.1, 0.15) is 35.2 Å². The summed E-state index contributed by atoms with van der Waals surface area (Å²) < 4.78 is 2.04. The fraction of sp³-hybridized carbons (Fsp3) is 0.381. The number of fused-ring (bicyclic) bond motifs is 1. The second-order valence-electron chi connectivity index (χ2n) is 7.09. The van der Waals surface area contributed by atoms with Gasteiger partial charge >= 0.3 is 0 Å². The molecule has 3 heterocycles. The van der Waals surface area contributed by atoms with Gasteiger partial charge in [0.2, 0.25) is 0 Å². The van der Waals surface area contributed by atoms with E-state index in [1.165, 1.54) is 5.56 Å². The lowest BCUT2D eigenvalue weighted by atomic mass is 10.1. The van der Waals surface area contributed by atoms with E-state index in [9.17, 15) is 4.79 Å². The first kappa shape index (κ1) is 17.7. The van der Waals surface area contributed by atoms with E-state index in [2.05, 4.69) is 44.9 Å². The summed E-state index contributed by atoms with van der Waals surface area (Å²) in [5.41, 5.74) is 3.45. The number of imidazole rings is 1. The summed E-state index contributed by atoms with van der Waals surface area (Å²) in [6, 6.07) is 12.4. The number of carbonyl (C=O) groups is 1. The van der Waals surface area contributed by atoms with E-state index in [4.69, 9.17) is 0 Å². The zero-order valence-corrected chi connectivity index (χ0v) is 15.4. The van der Waals surface area contributed by atoms with Crippen molar-refractivity contribution < 1.29 is 4.79 Å². The van der Waals surface area contributed by atoms with Gasteiger partial charge in [0.1, 0.15) is 5.52 Å². The maximum atomic E-state index is 12.6. The Morgan fingerprint density at radius 1 is 1.19 bits per heavy atom. The van der Waals surface area contributed by atoms with Crippen LogP contribution in [0.2, 0.25) is 0 Å². The van der Waals surface area contributed by atoms with Crippen LogP contribution in [-0.2, 0) is 13.0 Å². The highest BCUT2D eigenvalue weighted by Gasteiger charge is 2.17. The number of aryl methyl sites for hydroxylation is 2. The average molecular weight is 363 g/mol. The van der Waals surface area contributed by atoms with E-state index in [1.807, 2.05) is 16.7 Å². The van der Waals surface area contributed by atoms with Gasteiger partial charge < -0.3 is 15.2 Å². The van der Waals surface area contributed by atoms with Crippen LogP contribution in [0.5, 0.6) is 0 Å². The first-order chi connectivity index (χ1) is 13.3. The van der Waals surface area contributed by atoms with Crippen LogP contribution in [0.15, 0.2) is 48.9 Å². The Hall–Kier alpha value is -2.73. The highest BCUT2D eigenvalue weighted by Crippen LogP contribution is 2.14. The Morgan fingerprint density at radius 3 is 2.96 bits per heavy atom. The molecule has 2 N–H and O–H groups in total. The predicted molar refractivity (Wildman–Crippen MR) is 106 cm³/mol. The van der Waals surface area contributed by atoms with Crippen molar-refractivity contribution in [1.29, 1.82) is 0 Å². The summed E-state index contributed by atoms with van der Waals surface area (Å²) in [5, 5.41) is 6.50. The molecule has 0 aliphatic carbocycles.